The van der Waals surface area contributed by atoms with Gasteiger partial charge in [-0.2, -0.15) is 0 Å². The number of unbranched alkanes of at least 4 members (excludes halogenated alkanes) is 4. The van der Waals surface area contributed by atoms with Gasteiger partial charge in [-0.25, -0.2) is 0 Å². The normalized spacial score (nSPS) is 12.5. The lowest BCUT2D eigenvalue weighted by Crippen LogP contribution is -2.32. The Labute approximate surface area is 116 Å². The van der Waals surface area contributed by atoms with Crippen LogP contribution in [0.15, 0.2) is 12.2 Å². The Morgan fingerprint density at radius 3 is 2.58 bits per heavy atom. The largest absolute Gasteiger partial charge is 0.481 e. The second kappa shape index (κ2) is 11.8. The van der Waals surface area contributed by atoms with E-state index in [-0.39, 0.29) is 18.4 Å². The molecular weight excluding hydrogens is 242 g/mol. The van der Waals surface area contributed by atoms with Crippen LogP contribution in [0.4, 0.5) is 0 Å². The molecule has 0 bridgehead atoms. The summed E-state index contributed by atoms with van der Waals surface area (Å²) in [5.74, 6) is -0.865. The summed E-state index contributed by atoms with van der Waals surface area (Å²) in [6.45, 7) is 4.01. The van der Waals surface area contributed by atoms with E-state index in [4.69, 9.17) is 5.11 Å². The number of carbonyl (C=O) groups excluding carboxylic acids is 1. The van der Waals surface area contributed by atoms with Crippen LogP contribution in [-0.4, -0.2) is 23.0 Å². The van der Waals surface area contributed by atoms with Gasteiger partial charge in [-0.15, -0.1) is 0 Å². The average Bonchev–Trinajstić information content (AvgIpc) is 2.35. The lowest BCUT2D eigenvalue weighted by molar-refractivity contribution is -0.137. The predicted molar refractivity (Wildman–Crippen MR) is 77.0 cm³/mol. The maximum atomic E-state index is 11.5. The smallest absolute Gasteiger partial charge is 0.303 e. The van der Waals surface area contributed by atoms with Crippen molar-refractivity contribution >= 4 is 11.9 Å². The number of allylic oxidation sites excluding steroid dienone is 1. The molecule has 0 aromatic carbocycles. The van der Waals surface area contributed by atoms with Gasteiger partial charge in [0, 0.05) is 18.9 Å². The SMILES string of the molecule is CCCCCC/C=C/CC(=O)NC(C)CCC(=O)O. The molecule has 0 aromatic rings. The Morgan fingerprint density at radius 2 is 1.95 bits per heavy atom. The van der Waals surface area contributed by atoms with Crippen molar-refractivity contribution in [3.05, 3.63) is 12.2 Å². The first-order valence-electron chi connectivity index (χ1n) is 7.22. The van der Waals surface area contributed by atoms with E-state index in [0.29, 0.717) is 12.8 Å². The van der Waals surface area contributed by atoms with Crippen LogP contribution in [0.1, 0.15) is 65.2 Å². The molecule has 0 saturated carbocycles. The Bertz CT molecular complexity index is 287. The van der Waals surface area contributed by atoms with Crippen molar-refractivity contribution in [3.8, 4) is 0 Å². The van der Waals surface area contributed by atoms with Gasteiger partial charge in [-0.3, -0.25) is 9.59 Å². The molecule has 0 rings (SSSR count). The van der Waals surface area contributed by atoms with E-state index in [2.05, 4.69) is 18.3 Å². The van der Waals surface area contributed by atoms with E-state index in [9.17, 15) is 9.59 Å². The van der Waals surface area contributed by atoms with Crippen LogP contribution in [0, 0.1) is 0 Å². The molecule has 110 valence electrons. The lowest BCUT2D eigenvalue weighted by atomic mass is 10.1. The van der Waals surface area contributed by atoms with E-state index >= 15 is 0 Å². The Kier molecular flexibility index (Phi) is 10.9. The monoisotopic (exact) mass is 269 g/mol. The minimum atomic E-state index is -0.826. The first-order valence-corrected chi connectivity index (χ1v) is 7.22. The molecule has 0 saturated heterocycles. The molecule has 19 heavy (non-hydrogen) atoms. The number of carboxylic acids is 1. The topological polar surface area (TPSA) is 66.4 Å². The quantitative estimate of drug-likeness (QED) is 0.447. The summed E-state index contributed by atoms with van der Waals surface area (Å²) in [7, 11) is 0. The molecule has 0 spiro atoms. The molecule has 0 aliphatic rings. The van der Waals surface area contributed by atoms with Crippen LogP contribution >= 0.6 is 0 Å². The number of nitrogens with one attached hydrogen (secondary N) is 1. The van der Waals surface area contributed by atoms with Crippen LogP contribution in [-0.2, 0) is 9.59 Å². The van der Waals surface area contributed by atoms with Crippen LogP contribution in [0.2, 0.25) is 0 Å². The van der Waals surface area contributed by atoms with Gasteiger partial charge < -0.3 is 10.4 Å². The second-order valence-electron chi connectivity index (χ2n) is 4.93. The van der Waals surface area contributed by atoms with Gasteiger partial charge in [0.15, 0.2) is 0 Å². The van der Waals surface area contributed by atoms with Gasteiger partial charge in [0.2, 0.25) is 5.91 Å². The molecule has 2 N–H and O–H groups in total. The molecule has 0 aromatic heterocycles. The van der Waals surface area contributed by atoms with Gasteiger partial charge in [0.1, 0.15) is 0 Å². The molecule has 0 radical (unpaired) electrons. The highest BCUT2D eigenvalue weighted by atomic mass is 16.4. The zero-order valence-electron chi connectivity index (χ0n) is 12.2. The van der Waals surface area contributed by atoms with E-state index < -0.39 is 5.97 Å². The van der Waals surface area contributed by atoms with Crippen LogP contribution in [0.3, 0.4) is 0 Å². The number of carboxylic acid groups (broad SMARTS) is 1. The number of carbonyl (C=O) groups is 2. The van der Waals surface area contributed by atoms with Crippen LogP contribution in [0.5, 0.6) is 0 Å². The van der Waals surface area contributed by atoms with Gasteiger partial charge in [0.25, 0.3) is 0 Å². The number of hydrogen-bond acceptors (Lipinski definition) is 2. The second-order valence-corrected chi connectivity index (χ2v) is 4.93. The van der Waals surface area contributed by atoms with Crippen molar-refractivity contribution in [3.63, 3.8) is 0 Å². The van der Waals surface area contributed by atoms with Crippen molar-refractivity contribution in [1.29, 1.82) is 0 Å². The van der Waals surface area contributed by atoms with E-state index in [1.165, 1.54) is 25.7 Å². The molecule has 0 heterocycles. The van der Waals surface area contributed by atoms with Crippen LogP contribution < -0.4 is 5.32 Å². The Balaban J connectivity index is 3.57. The minimum Gasteiger partial charge on any atom is -0.481 e. The molecule has 0 aliphatic carbocycles. The molecular formula is C15H27NO3. The molecule has 4 heteroatoms. The molecule has 1 unspecified atom stereocenters. The zero-order valence-corrected chi connectivity index (χ0v) is 12.2. The summed E-state index contributed by atoms with van der Waals surface area (Å²) in [5.41, 5.74) is 0. The number of aliphatic carboxylic acids is 1. The third-order valence-corrected chi connectivity index (χ3v) is 2.89. The van der Waals surface area contributed by atoms with Crippen molar-refractivity contribution in [1.82, 2.24) is 5.32 Å². The van der Waals surface area contributed by atoms with E-state index in [0.717, 1.165) is 6.42 Å². The molecule has 0 aliphatic heterocycles. The maximum absolute atomic E-state index is 11.5. The van der Waals surface area contributed by atoms with Crippen molar-refractivity contribution in [2.75, 3.05) is 0 Å². The summed E-state index contributed by atoms with van der Waals surface area (Å²) < 4.78 is 0. The standard InChI is InChI=1S/C15H27NO3/c1-3-4-5-6-7-8-9-10-14(17)16-13(2)11-12-15(18)19/h8-9,13H,3-7,10-12H2,1-2H3,(H,16,17)(H,18,19)/b9-8+. The van der Waals surface area contributed by atoms with Gasteiger partial charge >= 0.3 is 5.97 Å². The highest BCUT2D eigenvalue weighted by Crippen LogP contribution is 2.03. The third-order valence-electron chi connectivity index (χ3n) is 2.89. The van der Waals surface area contributed by atoms with Crippen molar-refractivity contribution < 1.29 is 14.7 Å². The fourth-order valence-electron chi connectivity index (χ4n) is 1.74. The van der Waals surface area contributed by atoms with Crippen molar-refractivity contribution in [2.45, 2.75) is 71.3 Å². The molecule has 4 nitrogen and oxygen atoms in total. The first-order chi connectivity index (χ1) is 9.06. The minimum absolute atomic E-state index is 0.0392. The highest BCUT2D eigenvalue weighted by molar-refractivity contribution is 5.77. The fraction of sp³-hybridized carbons (Fsp3) is 0.733. The van der Waals surface area contributed by atoms with Crippen molar-refractivity contribution in [2.24, 2.45) is 0 Å². The maximum Gasteiger partial charge on any atom is 0.303 e. The zero-order chi connectivity index (χ0) is 14.5. The number of hydrogen-bond donors (Lipinski definition) is 2. The highest BCUT2D eigenvalue weighted by Gasteiger charge is 2.07. The van der Waals surface area contributed by atoms with Crippen LogP contribution in [0.25, 0.3) is 0 Å². The van der Waals surface area contributed by atoms with Gasteiger partial charge in [-0.05, 0) is 26.2 Å². The lowest BCUT2D eigenvalue weighted by Gasteiger charge is -2.11. The Morgan fingerprint density at radius 1 is 1.21 bits per heavy atom. The summed E-state index contributed by atoms with van der Waals surface area (Å²) in [5, 5.41) is 11.3. The predicted octanol–water partition coefficient (Wildman–Crippen LogP) is 3.27. The molecule has 1 atom stereocenters. The summed E-state index contributed by atoms with van der Waals surface area (Å²) in [6.07, 6.45) is 10.9. The van der Waals surface area contributed by atoms with E-state index in [1.54, 1.807) is 0 Å². The number of rotatable bonds is 11. The molecule has 0 fully saturated rings. The van der Waals surface area contributed by atoms with E-state index in [1.807, 2.05) is 13.0 Å². The average molecular weight is 269 g/mol. The molecule has 1 amide bonds. The summed E-state index contributed by atoms with van der Waals surface area (Å²) in [4.78, 5) is 21.9. The third kappa shape index (κ3) is 12.9. The van der Waals surface area contributed by atoms with Gasteiger partial charge in [0.05, 0.1) is 0 Å². The summed E-state index contributed by atoms with van der Waals surface area (Å²) >= 11 is 0. The first kappa shape index (κ1) is 17.7. The summed E-state index contributed by atoms with van der Waals surface area (Å²) in [6, 6.07) is -0.0819. The fourth-order valence-corrected chi connectivity index (χ4v) is 1.74. The number of amides is 1. The Hall–Kier alpha value is -1.32. The van der Waals surface area contributed by atoms with Gasteiger partial charge in [-0.1, -0.05) is 38.3 Å².